The lowest BCUT2D eigenvalue weighted by Crippen LogP contribution is -2.05. The molecular weight excluding hydrogens is 212 g/mol. The van der Waals surface area contributed by atoms with Crippen molar-refractivity contribution < 1.29 is 0 Å². The van der Waals surface area contributed by atoms with Crippen LogP contribution in [0, 0.1) is 0 Å². The van der Waals surface area contributed by atoms with Crippen molar-refractivity contribution in [3.8, 4) is 0 Å². The summed E-state index contributed by atoms with van der Waals surface area (Å²) in [6.07, 6.45) is 5.63. The molecule has 1 rings (SSSR count). The summed E-state index contributed by atoms with van der Waals surface area (Å²) < 4.78 is 0. The van der Waals surface area contributed by atoms with E-state index in [-0.39, 0.29) is 0 Å². The van der Waals surface area contributed by atoms with Gasteiger partial charge in [0.15, 0.2) is 0 Å². The van der Waals surface area contributed by atoms with Crippen molar-refractivity contribution in [2.75, 3.05) is 5.75 Å². The molecule has 0 radical (unpaired) electrons. The summed E-state index contributed by atoms with van der Waals surface area (Å²) in [5.41, 5.74) is 0. The minimum atomic E-state index is 0.929. The molecule has 1 aliphatic rings. The molecule has 0 saturated carbocycles. The summed E-state index contributed by atoms with van der Waals surface area (Å²) in [6.45, 7) is 2.27. The number of rotatable bonds is 4. The molecule has 0 amide bonds. The first-order valence-electron chi connectivity index (χ1n) is 4.05. The van der Waals surface area contributed by atoms with Crippen molar-refractivity contribution in [3.05, 3.63) is 0 Å². The van der Waals surface area contributed by atoms with Gasteiger partial charge in [0.25, 0.3) is 0 Å². The fourth-order valence-electron chi connectivity index (χ4n) is 0.976. The van der Waals surface area contributed by atoms with E-state index >= 15 is 0 Å². The van der Waals surface area contributed by atoms with E-state index in [0.29, 0.717) is 0 Å². The van der Waals surface area contributed by atoms with Gasteiger partial charge in [0.2, 0.25) is 0 Å². The molecule has 0 aliphatic carbocycles. The van der Waals surface area contributed by atoms with Gasteiger partial charge < -0.3 is 0 Å². The van der Waals surface area contributed by atoms with Crippen LogP contribution in [-0.4, -0.2) is 11.0 Å². The summed E-state index contributed by atoms with van der Waals surface area (Å²) in [4.78, 5) is 0. The zero-order valence-electron chi connectivity index (χ0n) is 6.75. The molecule has 66 valence electrons. The molecule has 11 heavy (non-hydrogen) atoms. The second-order valence-corrected chi connectivity index (χ2v) is 8.89. The van der Waals surface area contributed by atoms with Gasteiger partial charge in [0.1, 0.15) is 0 Å². The van der Waals surface area contributed by atoms with Crippen molar-refractivity contribution in [1.82, 2.24) is 0 Å². The summed E-state index contributed by atoms with van der Waals surface area (Å²) in [5, 5.41) is 0.929. The largest absolute Gasteiger partial charge is 0.0805 e. The number of unbranched alkanes of at least 4 members (excludes halogenated alkanes) is 2. The van der Waals surface area contributed by atoms with Gasteiger partial charge >= 0.3 is 0 Å². The predicted molar refractivity (Wildman–Crippen MR) is 63.2 cm³/mol. The molecule has 0 aromatic rings. The van der Waals surface area contributed by atoms with Gasteiger partial charge in [-0.1, -0.05) is 47.8 Å². The van der Waals surface area contributed by atoms with Gasteiger partial charge in [-0.15, -0.1) is 0 Å². The van der Waals surface area contributed by atoms with Crippen molar-refractivity contribution in [2.24, 2.45) is 0 Å². The normalized spacial score (nSPS) is 25.4. The van der Waals surface area contributed by atoms with E-state index in [2.05, 4.69) is 17.7 Å². The molecule has 1 atom stereocenters. The minimum absolute atomic E-state index is 0.929. The third kappa shape index (κ3) is 4.86. The van der Waals surface area contributed by atoms with Crippen molar-refractivity contribution in [3.63, 3.8) is 0 Å². The average molecular weight is 226 g/mol. The van der Waals surface area contributed by atoms with Gasteiger partial charge in [-0.2, -0.15) is 0 Å². The van der Waals surface area contributed by atoms with E-state index in [0.717, 1.165) is 5.25 Å². The topological polar surface area (TPSA) is 0 Å². The van der Waals surface area contributed by atoms with Crippen molar-refractivity contribution in [2.45, 2.75) is 37.9 Å². The lowest BCUT2D eigenvalue weighted by molar-refractivity contribution is 0.669. The first-order valence-corrected chi connectivity index (χ1v) is 9.10. The van der Waals surface area contributed by atoms with E-state index in [4.69, 9.17) is 0 Å². The van der Waals surface area contributed by atoms with Crippen molar-refractivity contribution >= 4 is 41.2 Å². The highest BCUT2D eigenvalue weighted by Crippen LogP contribution is 2.52. The monoisotopic (exact) mass is 226 g/mol. The van der Waals surface area contributed by atoms with Crippen LogP contribution in [0.25, 0.3) is 0 Å². The van der Waals surface area contributed by atoms with E-state index in [1.54, 1.807) is 0 Å². The number of hydrogen-bond donors (Lipinski definition) is 0. The maximum atomic E-state index is 2.27. The Hall–Kier alpha value is 1.40. The summed E-state index contributed by atoms with van der Waals surface area (Å²) in [6, 6.07) is 0. The molecule has 0 spiro atoms. The van der Waals surface area contributed by atoms with Crippen LogP contribution in [0.4, 0.5) is 0 Å². The summed E-state index contributed by atoms with van der Waals surface area (Å²) >= 11 is 0. The van der Waals surface area contributed by atoms with Gasteiger partial charge in [-0.3, -0.25) is 0 Å². The molecular formula is C7H14S4. The Kier molecular flexibility index (Phi) is 6.54. The smallest absolute Gasteiger partial charge is 0.0259 e. The lowest BCUT2D eigenvalue weighted by Gasteiger charge is -2.18. The van der Waals surface area contributed by atoms with Crippen LogP contribution < -0.4 is 0 Å². The third-order valence-corrected chi connectivity index (χ3v) is 8.78. The predicted octanol–water partition coefficient (Wildman–Crippen LogP) is 4.63. The first kappa shape index (κ1) is 10.5. The second-order valence-electron chi connectivity index (χ2n) is 2.63. The van der Waals surface area contributed by atoms with Crippen LogP contribution in [0.5, 0.6) is 0 Å². The third-order valence-electron chi connectivity index (χ3n) is 1.63. The lowest BCUT2D eigenvalue weighted by atomic mass is 10.2. The SMILES string of the molecule is CCCCCC1CSSSS1. The molecule has 1 fully saturated rings. The Labute approximate surface area is 84.6 Å². The number of hydrogen-bond acceptors (Lipinski definition) is 4. The molecule has 1 heterocycles. The Morgan fingerprint density at radius 2 is 2.18 bits per heavy atom. The standard InChI is InChI=1S/C7H14S4/c1-2-3-4-5-7-6-8-10-11-9-7/h7H,2-6H2,1H3. The molecule has 0 aromatic heterocycles. The Balaban J connectivity index is 1.96. The minimum Gasteiger partial charge on any atom is -0.0805 e. The van der Waals surface area contributed by atoms with Crippen LogP contribution in [0.3, 0.4) is 0 Å². The maximum absolute atomic E-state index is 2.27. The Bertz CT molecular complexity index is 90.4. The van der Waals surface area contributed by atoms with E-state index in [9.17, 15) is 0 Å². The Morgan fingerprint density at radius 1 is 1.27 bits per heavy atom. The maximum Gasteiger partial charge on any atom is 0.0259 e. The van der Waals surface area contributed by atoms with Gasteiger partial charge in [0, 0.05) is 11.0 Å². The van der Waals surface area contributed by atoms with E-state index in [1.165, 1.54) is 31.4 Å². The van der Waals surface area contributed by atoms with Crippen LogP contribution in [-0.2, 0) is 0 Å². The second kappa shape index (κ2) is 6.87. The molecule has 0 aromatic carbocycles. The van der Waals surface area contributed by atoms with Crippen LogP contribution in [0.2, 0.25) is 0 Å². The molecule has 4 heteroatoms. The fourth-order valence-corrected chi connectivity index (χ4v) is 8.54. The molecule has 1 aliphatic heterocycles. The van der Waals surface area contributed by atoms with Gasteiger partial charge in [-0.05, 0) is 26.1 Å². The zero-order valence-corrected chi connectivity index (χ0v) is 10.0. The Morgan fingerprint density at radius 3 is 2.82 bits per heavy atom. The van der Waals surface area contributed by atoms with Crippen molar-refractivity contribution in [1.29, 1.82) is 0 Å². The first-order chi connectivity index (χ1) is 5.43. The molecule has 0 bridgehead atoms. The molecule has 1 saturated heterocycles. The zero-order chi connectivity index (χ0) is 7.94. The highest BCUT2D eigenvalue weighted by atomic mass is 33.7. The van der Waals surface area contributed by atoms with Crippen LogP contribution in [0.15, 0.2) is 0 Å². The fraction of sp³-hybridized carbons (Fsp3) is 1.00. The molecule has 1 unspecified atom stereocenters. The van der Waals surface area contributed by atoms with E-state index < -0.39 is 0 Å². The highest BCUT2D eigenvalue weighted by Gasteiger charge is 2.14. The highest BCUT2D eigenvalue weighted by molar-refractivity contribution is 9.26. The summed E-state index contributed by atoms with van der Waals surface area (Å²) in [5.74, 6) is 1.35. The van der Waals surface area contributed by atoms with Crippen LogP contribution in [0.1, 0.15) is 32.6 Å². The molecule has 0 N–H and O–H groups in total. The average Bonchev–Trinajstić information content (AvgIpc) is 2.07. The van der Waals surface area contributed by atoms with Gasteiger partial charge in [-0.25, -0.2) is 0 Å². The quantitative estimate of drug-likeness (QED) is 0.506. The van der Waals surface area contributed by atoms with E-state index in [1.807, 2.05) is 30.4 Å². The molecule has 0 nitrogen and oxygen atoms in total. The summed E-state index contributed by atoms with van der Waals surface area (Å²) in [7, 11) is 7.98. The van der Waals surface area contributed by atoms with Crippen LogP contribution >= 0.6 is 41.2 Å². The van der Waals surface area contributed by atoms with Gasteiger partial charge in [0.05, 0.1) is 0 Å².